The Morgan fingerprint density at radius 3 is 2.55 bits per heavy atom. The van der Waals surface area contributed by atoms with Crippen molar-refractivity contribution in [2.24, 2.45) is 5.41 Å². The van der Waals surface area contributed by atoms with Gasteiger partial charge in [-0.3, -0.25) is 4.79 Å². The summed E-state index contributed by atoms with van der Waals surface area (Å²) >= 11 is 3.40. The van der Waals surface area contributed by atoms with Gasteiger partial charge in [-0.05, 0) is 48.7 Å². The SMILES string of the molecule is COc1cccc(CNC(=O)C2(C)CCN(C(=O)Nc3cccc(Br)c3)CC2)c1. The van der Waals surface area contributed by atoms with E-state index in [0.717, 1.165) is 21.5 Å². The van der Waals surface area contributed by atoms with E-state index in [0.29, 0.717) is 32.5 Å². The lowest BCUT2D eigenvalue weighted by molar-refractivity contribution is -0.132. The number of anilines is 1. The molecule has 154 valence electrons. The van der Waals surface area contributed by atoms with Gasteiger partial charge in [-0.1, -0.05) is 41.1 Å². The van der Waals surface area contributed by atoms with Crippen LogP contribution in [0.1, 0.15) is 25.3 Å². The van der Waals surface area contributed by atoms with Crippen LogP contribution >= 0.6 is 15.9 Å². The van der Waals surface area contributed by atoms with E-state index in [4.69, 9.17) is 4.74 Å². The molecule has 0 aromatic heterocycles. The number of urea groups is 1. The van der Waals surface area contributed by atoms with Gasteiger partial charge in [0, 0.05) is 35.2 Å². The quantitative estimate of drug-likeness (QED) is 0.695. The van der Waals surface area contributed by atoms with Crippen LogP contribution in [0.5, 0.6) is 5.75 Å². The fourth-order valence-electron chi connectivity index (χ4n) is 3.38. The molecule has 0 atom stereocenters. The van der Waals surface area contributed by atoms with E-state index in [1.165, 1.54) is 0 Å². The molecule has 0 aliphatic carbocycles. The second-order valence-corrected chi connectivity index (χ2v) is 8.44. The summed E-state index contributed by atoms with van der Waals surface area (Å²) in [7, 11) is 1.62. The normalized spacial score (nSPS) is 15.5. The molecule has 0 saturated carbocycles. The number of hydrogen-bond acceptors (Lipinski definition) is 3. The van der Waals surface area contributed by atoms with Crippen LogP contribution in [0.3, 0.4) is 0 Å². The van der Waals surface area contributed by atoms with E-state index < -0.39 is 5.41 Å². The van der Waals surface area contributed by atoms with Gasteiger partial charge in [-0.25, -0.2) is 4.79 Å². The van der Waals surface area contributed by atoms with Crippen LogP contribution < -0.4 is 15.4 Å². The molecule has 0 unspecified atom stereocenters. The van der Waals surface area contributed by atoms with E-state index >= 15 is 0 Å². The molecule has 3 amide bonds. The first-order chi connectivity index (χ1) is 13.9. The highest BCUT2D eigenvalue weighted by Crippen LogP contribution is 2.31. The van der Waals surface area contributed by atoms with Gasteiger partial charge in [0.15, 0.2) is 0 Å². The van der Waals surface area contributed by atoms with Crippen LogP contribution in [0.25, 0.3) is 0 Å². The average molecular weight is 460 g/mol. The number of carbonyl (C=O) groups is 2. The lowest BCUT2D eigenvalue weighted by atomic mass is 9.79. The molecule has 2 N–H and O–H groups in total. The van der Waals surface area contributed by atoms with Crippen LogP contribution in [-0.4, -0.2) is 37.0 Å². The van der Waals surface area contributed by atoms with Gasteiger partial charge in [0.1, 0.15) is 5.75 Å². The van der Waals surface area contributed by atoms with Crippen molar-refractivity contribution in [2.75, 3.05) is 25.5 Å². The first-order valence-electron chi connectivity index (χ1n) is 9.62. The van der Waals surface area contributed by atoms with Crippen molar-refractivity contribution in [3.05, 3.63) is 58.6 Å². The summed E-state index contributed by atoms with van der Waals surface area (Å²) in [5, 5.41) is 5.94. The standard InChI is InChI=1S/C22H26BrN3O3/c1-22(20(27)24-15-16-5-3-8-19(13-16)29-2)9-11-26(12-10-22)21(28)25-18-7-4-6-17(23)14-18/h3-8,13-14H,9-12,15H2,1-2H3,(H,24,27)(H,25,28). The zero-order valence-electron chi connectivity index (χ0n) is 16.7. The van der Waals surface area contributed by atoms with E-state index in [9.17, 15) is 9.59 Å². The zero-order valence-corrected chi connectivity index (χ0v) is 18.3. The number of rotatable bonds is 5. The van der Waals surface area contributed by atoms with Crippen LogP contribution in [-0.2, 0) is 11.3 Å². The second kappa shape index (κ2) is 9.31. The van der Waals surface area contributed by atoms with E-state index in [-0.39, 0.29) is 11.9 Å². The van der Waals surface area contributed by atoms with Crippen LogP contribution in [0.2, 0.25) is 0 Å². The molecule has 1 saturated heterocycles. The van der Waals surface area contributed by atoms with Gasteiger partial charge in [0.2, 0.25) is 5.91 Å². The molecule has 0 bridgehead atoms. The Balaban J connectivity index is 1.51. The number of methoxy groups -OCH3 is 1. The highest BCUT2D eigenvalue weighted by molar-refractivity contribution is 9.10. The predicted octanol–water partition coefficient (Wildman–Crippen LogP) is 4.41. The maximum Gasteiger partial charge on any atom is 0.321 e. The number of piperidine rings is 1. The van der Waals surface area contributed by atoms with E-state index in [1.54, 1.807) is 12.0 Å². The molecule has 3 rings (SSSR count). The number of nitrogens with zero attached hydrogens (tertiary/aromatic N) is 1. The fourth-order valence-corrected chi connectivity index (χ4v) is 3.78. The number of halogens is 1. The van der Waals surface area contributed by atoms with Crippen LogP contribution in [0, 0.1) is 5.41 Å². The van der Waals surface area contributed by atoms with E-state index in [2.05, 4.69) is 26.6 Å². The van der Waals surface area contributed by atoms with Gasteiger partial charge >= 0.3 is 6.03 Å². The molecular formula is C22H26BrN3O3. The fraction of sp³-hybridized carbons (Fsp3) is 0.364. The minimum absolute atomic E-state index is 0.0207. The van der Waals surface area contributed by atoms with Gasteiger partial charge in [-0.15, -0.1) is 0 Å². The monoisotopic (exact) mass is 459 g/mol. The summed E-state index contributed by atoms with van der Waals surface area (Å²) in [6, 6.07) is 15.0. The molecule has 1 aliphatic rings. The number of amides is 3. The van der Waals surface area contributed by atoms with E-state index in [1.807, 2.05) is 55.5 Å². The highest BCUT2D eigenvalue weighted by atomic mass is 79.9. The van der Waals surface area contributed by atoms with Crippen molar-refractivity contribution >= 4 is 33.6 Å². The predicted molar refractivity (Wildman–Crippen MR) is 117 cm³/mol. The van der Waals surface area contributed by atoms with Gasteiger partial charge in [-0.2, -0.15) is 0 Å². The number of benzene rings is 2. The lowest BCUT2D eigenvalue weighted by Gasteiger charge is -2.38. The van der Waals surface area contributed by atoms with Crippen LogP contribution in [0.15, 0.2) is 53.0 Å². The third kappa shape index (κ3) is 5.50. The zero-order chi connectivity index (χ0) is 20.9. The van der Waals surface area contributed by atoms with Crippen molar-refractivity contribution in [3.8, 4) is 5.75 Å². The van der Waals surface area contributed by atoms with Crippen molar-refractivity contribution in [3.63, 3.8) is 0 Å². The third-order valence-corrected chi connectivity index (χ3v) is 5.86. The molecule has 1 heterocycles. The molecular weight excluding hydrogens is 434 g/mol. The maximum absolute atomic E-state index is 12.8. The first kappa shape index (κ1) is 21.2. The maximum atomic E-state index is 12.8. The summed E-state index contributed by atoms with van der Waals surface area (Å²) in [5.74, 6) is 0.792. The van der Waals surface area contributed by atoms with Gasteiger partial charge in [0.25, 0.3) is 0 Å². The minimum Gasteiger partial charge on any atom is -0.497 e. The summed E-state index contributed by atoms with van der Waals surface area (Å²) in [5.41, 5.74) is 1.26. The molecule has 2 aromatic rings. The molecule has 6 nitrogen and oxygen atoms in total. The Hall–Kier alpha value is -2.54. The van der Waals surface area contributed by atoms with Gasteiger partial charge in [0.05, 0.1) is 7.11 Å². The summed E-state index contributed by atoms with van der Waals surface area (Å²) in [4.78, 5) is 27.1. The molecule has 29 heavy (non-hydrogen) atoms. The van der Waals surface area contributed by atoms with Crippen molar-refractivity contribution < 1.29 is 14.3 Å². The summed E-state index contributed by atoms with van der Waals surface area (Å²) in [6.07, 6.45) is 1.26. The first-order valence-corrected chi connectivity index (χ1v) is 10.4. The Labute approximate surface area is 179 Å². The largest absolute Gasteiger partial charge is 0.497 e. The summed E-state index contributed by atoms with van der Waals surface area (Å²) in [6.45, 7) is 3.52. The number of nitrogens with one attached hydrogen (secondary N) is 2. The number of likely N-dealkylation sites (tertiary alicyclic amines) is 1. The Morgan fingerprint density at radius 1 is 1.14 bits per heavy atom. The van der Waals surface area contributed by atoms with Crippen molar-refractivity contribution in [2.45, 2.75) is 26.3 Å². The lowest BCUT2D eigenvalue weighted by Crippen LogP contribution is -2.49. The number of hydrogen-bond donors (Lipinski definition) is 2. The third-order valence-electron chi connectivity index (χ3n) is 5.37. The summed E-state index contributed by atoms with van der Waals surface area (Å²) < 4.78 is 6.13. The molecule has 0 radical (unpaired) electrons. The average Bonchev–Trinajstić information content (AvgIpc) is 2.72. The molecule has 1 fully saturated rings. The second-order valence-electron chi connectivity index (χ2n) is 7.52. The molecule has 2 aromatic carbocycles. The van der Waals surface area contributed by atoms with Crippen LogP contribution in [0.4, 0.5) is 10.5 Å². The topological polar surface area (TPSA) is 70.7 Å². The molecule has 7 heteroatoms. The Morgan fingerprint density at radius 2 is 1.86 bits per heavy atom. The molecule has 0 spiro atoms. The smallest absolute Gasteiger partial charge is 0.321 e. The van der Waals surface area contributed by atoms with Gasteiger partial charge < -0.3 is 20.3 Å². The van der Waals surface area contributed by atoms with Crippen molar-refractivity contribution in [1.82, 2.24) is 10.2 Å². The number of ether oxygens (including phenoxy) is 1. The van der Waals surface area contributed by atoms with Crippen molar-refractivity contribution in [1.29, 1.82) is 0 Å². The highest BCUT2D eigenvalue weighted by Gasteiger charge is 2.37. The minimum atomic E-state index is -0.481. The Bertz CT molecular complexity index is 879. The number of carbonyl (C=O) groups excluding carboxylic acids is 2. The Kier molecular flexibility index (Phi) is 6.79. The molecule has 1 aliphatic heterocycles.